The molecule has 0 saturated carbocycles. The molecule has 0 radical (unpaired) electrons. The average molecular weight is 453 g/mol. The van der Waals surface area contributed by atoms with Gasteiger partial charge >= 0.3 is 5.97 Å². The smallest absolute Gasteiger partial charge is 0.326 e. The lowest BCUT2D eigenvalue weighted by Crippen LogP contribution is -2.52. The molecule has 3 N–H and O–H groups in total. The van der Waals surface area contributed by atoms with E-state index in [1.807, 2.05) is 0 Å². The number of carboxylic acid groups (broad SMARTS) is 1. The zero-order chi connectivity index (χ0) is 24.2. The summed E-state index contributed by atoms with van der Waals surface area (Å²) in [6.45, 7) is 7.29. The van der Waals surface area contributed by atoms with Crippen LogP contribution < -0.4 is 10.6 Å². The summed E-state index contributed by atoms with van der Waals surface area (Å²) in [5, 5.41) is 14.3. The first-order chi connectivity index (χ1) is 15.3. The lowest BCUT2D eigenvalue weighted by Gasteiger charge is -2.21. The number of hydrogen-bond acceptors (Lipinski definition) is 3. The summed E-state index contributed by atoms with van der Waals surface area (Å²) < 4.78 is 0. The van der Waals surface area contributed by atoms with E-state index >= 15 is 0 Å². The van der Waals surface area contributed by atoms with Crippen LogP contribution in [0.2, 0.25) is 0 Å². The predicted octanol–water partition coefficient (Wildman–Crippen LogP) is 5.75. The largest absolute Gasteiger partial charge is 0.480 e. The van der Waals surface area contributed by atoms with Crippen LogP contribution in [0.25, 0.3) is 0 Å². The molecule has 0 rings (SSSR count). The maximum Gasteiger partial charge on any atom is 0.326 e. The first kappa shape index (κ1) is 30.1. The quantitative estimate of drug-likeness (QED) is 0.162. The molecule has 0 aliphatic carbocycles. The summed E-state index contributed by atoms with van der Waals surface area (Å²) in [5.41, 5.74) is 0. The fourth-order valence-corrected chi connectivity index (χ4v) is 3.53. The highest BCUT2D eigenvalue weighted by molar-refractivity contribution is 5.90. The number of nitrogens with one attached hydrogen (secondary N) is 2. The molecule has 6 nitrogen and oxygen atoms in total. The lowest BCUT2D eigenvalue weighted by molar-refractivity contribution is -0.143. The van der Waals surface area contributed by atoms with Gasteiger partial charge in [-0.25, -0.2) is 4.79 Å². The van der Waals surface area contributed by atoms with E-state index in [0.29, 0.717) is 6.42 Å². The van der Waals surface area contributed by atoms with Crippen LogP contribution in [0.15, 0.2) is 12.2 Å². The van der Waals surface area contributed by atoms with Gasteiger partial charge in [-0.3, -0.25) is 9.59 Å². The van der Waals surface area contributed by atoms with E-state index in [2.05, 4.69) is 29.7 Å². The monoisotopic (exact) mass is 452 g/mol. The molecule has 0 spiro atoms. The highest BCUT2D eigenvalue weighted by Gasteiger charge is 2.26. The van der Waals surface area contributed by atoms with E-state index in [-0.39, 0.29) is 11.8 Å². The SMILES string of the molecule is CCCCCCCC/C=C\CCCCCCCC(=O)N[C@@H](C)C(=O)N[C@H](C(=O)O)C(C)C. The zero-order valence-corrected chi connectivity index (χ0v) is 21.0. The standard InChI is InChI=1S/C26H48N2O4/c1-5-6-7-8-9-10-11-12-13-14-15-16-17-18-19-20-23(29)27-22(4)25(30)28-24(21(2)3)26(31)32/h12-13,21-22,24H,5-11,14-20H2,1-4H3,(H,27,29)(H,28,30)(H,31,32)/b13-12-/t22-,24-/m0/s1. The molecule has 2 atom stereocenters. The topological polar surface area (TPSA) is 95.5 Å². The van der Waals surface area contributed by atoms with Crippen LogP contribution in [-0.2, 0) is 14.4 Å². The van der Waals surface area contributed by atoms with Gasteiger partial charge in [-0.2, -0.15) is 0 Å². The molecule has 186 valence electrons. The van der Waals surface area contributed by atoms with E-state index in [0.717, 1.165) is 25.7 Å². The van der Waals surface area contributed by atoms with Gasteiger partial charge in [-0.15, -0.1) is 0 Å². The highest BCUT2D eigenvalue weighted by Crippen LogP contribution is 2.10. The van der Waals surface area contributed by atoms with Crippen molar-refractivity contribution in [3.05, 3.63) is 12.2 Å². The number of amides is 2. The third-order valence-electron chi connectivity index (χ3n) is 5.67. The van der Waals surface area contributed by atoms with Crippen molar-refractivity contribution in [3.63, 3.8) is 0 Å². The predicted molar refractivity (Wildman–Crippen MR) is 131 cm³/mol. The first-order valence-electron chi connectivity index (χ1n) is 12.8. The van der Waals surface area contributed by atoms with Crippen molar-refractivity contribution in [2.75, 3.05) is 0 Å². The number of unbranched alkanes of at least 4 members (excludes halogenated alkanes) is 11. The Hall–Kier alpha value is -1.85. The zero-order valence-electron chi connectivity index (χ0n) is 21.0. The Morgan fingerprint density at radius 3 is 1.75 bits per heavy atom. The van der Waals surface area contributed by atoms with Crippen molar-refractivity contribution in [1.29, 1.82) is 0 Å². The van der Waals surface area contributed by atoms with Crippen molar-refractivity contribution in [3.8, 4) is 0 Å². The average Bonchev–Trinajstić information content (AvgIpc) is 2.73. The molecular weight excluding hydrogens is 404 g/mol. The van der Waals surface area contributed by atoms with Gasteiger partial charge in [0.25, 0.3) is 0 Å². The minimum atomic E-state index is -1.07. The Morgan fingerprint density at radius 2 is 1.25 bits per heavy atom. The van der Waals surface area contributed by atoms with Gasteiger partial charge in [-0.05, 0) is 44.9 Å². The first-order valence-corrected chi connectivity index (χ1v) is 12.8. The summed E-state index contributed by atoms with van der Waals surface area (Å²) in [6, 6.07) is -1.70. The van der Waals surface area contributed by atoms with Gasteiger partial charge in [0.2, 0.25) is 11.8 Å². The van der Waals surface area contributed by atoms with E-state index < -0.39 is 24.0 Å². The van der Waals surface area contributed by atoms with Crippen LogP contribution in [0.3, 0.4) is 0 Å². The van der Waals surface area contributed by atoms with E-state index in [1.165, 1.54) is 57.8 Å². The van der Waals surface area contributed by atoms with Crippen molar-refractivity contribution >= 4 is 17.8 Å². The minimum Gasteiger partial charge on any atom is -0.480 e. The third kappa shape index (κ3) is 16.8. The molecule has 0 aromatic carbocycles. The van der Waals surface area contributed by atoms with Gasteiger partial charge in [0, 0.05) is 6.42 Å². The maximum atomic E-state index is 12.1. The maximum absolute atomic E-state index is 12.1. The molecule has 0 aliphatic rings. The van der Waals surface area contributed by atoms with Gasteiger partial charge in [0.1, 0.15) is 12.1 Å². The second kappa shape index (κ2) is 19.8. The van der Waals surface area contributed by atoms with Crippen LogP contribution >= 0.6 is 0 Å². The molecule has 0 unspecified atom stereocenters. The van der Waals surface area contributed by atoms with Crippen LogP contribution in [0, 0.1) is 5.92 Å². The fraction of sp³-hybridized carbons (Fsp3) is 0.808. The van der Waals surface area contributed by atoms with Crippen molar-refractivity contribution < 1.29 is 19.5 Å². The number of hydrogen-bond donors (Lipinski definition) is 3. The summed E-state index contributed by atoms with van der Waals surface area (Å²) in [7, 11) is 0. The van der Waals surface area contributed by atoms with Crippen molar-refractivity contribution in [2.24, 2.45) is 5.92 Å². The van der Waals surface area contributed by atoms with Crippen LogP contribution in [0.1, 0.15) is 118 Å². The Bertz CT molecular complexity index is 546. The summed E-state index contributed by atoms with van der Waals surface area (Å²) in [6.07, 6.45) is 20.7. The summed E-state index contributed by atoms with van der Waals surface area (Å²) in [5.74, 6) is -1.93. The second-order valence-electron chi connectivity index (χ2n) is 9.19. The van der Waals surface area contributed by atoms with Gasteiger partial charge < -0.3 is 15.7 Å². The molecule has 0 aliphatic heterocycles. The second-order valence-corrected chi connectivity index (χ2v) is 9.19. The molecule has 2 amide bonds. The third-order valence-corrected chi connectivity index (χ3v) is 5.67. The van der Waals surface area contributed by atoms with Crippen molar-refractivity contribution in [2.45, 2.75) is 130 Å². The molecular formula is C26H48N2O4. The Kier molecular flexibility index (Phi) is 18.7. The number of carbonyl (C=O) groups is 3. The Labute approximate surface area is 196 Å². The Balaban J connectivity index is 3.69. The number of allylic oxidation sites excluding steroid dienone is 2. The van der Waals surface area contributed by atoms with E-state index in [4.69, 9.17) is 5.11 Å². The van der Waals surface area contributed by atoms with Gasteiger partial charge in [-0.1, -0.05) is 84.3 Å². The van der Waals surface area contributed by atoms with E-state index in [9.17, 15) is 14.4 Å². The van der Waals surface area contributed by atoms with Crippen LogP contribution in [0.4, 0.5) is 0 Å². The number of aliphatic carboxylic acids is 1. The number of rotatable bonds is 20. The van der Waals surface area contributed by atoms with Crippen LogP contribution in [-0.4, -0.2) is 35.0 Å². The number of carboxylic acids is 1. The van der Waals surface area contributed by atoms with Crippen LogP contribution in [0.5, 0.6) is 0 Å². The molecule has 0 heterocycles. The van der Waals surface area contributed by atoms with E-state index in [1.54, 1.807) is 20.8 Å². The molecule has 32 heavy (non-hydrogen) atoms. The lowest BCUT2D eigenvalue weighted by atomic mass is 10.0. The minimum absolute atomic E-state index is 0.165. The molecule has 0 saturated heterocycles. The molecule has 0 aromatic heterocycles. The van der Waals surface area contributed by atoms with Crippen molar-refractivity contribution in [1.82, 2.24) is 10.6 Å². The number of carbonyl (C=O) groups excluding carboxylic acids is 2. The molecule has 0 aromatic rings. The summed E-state index contributed by atoms with van der Waals surface area (Å²) >= 11 is 0. The molecule has 0 fully saturated rings. The summed E-state index contributed by atoms with van der Waals surface area (Å²) in [4.78, 5) is 35.3. The molecule has 6 heteroatoms. The Morgan fingerprint density at radius 1 is 0.750 bits per heavy atom. The van der Waals surface area contributed by atoms with Gasteiger partial charge in [0.15, 0.2) is 0 Å². The molecule has 0 bridgehead atoms. The van der Waals surface area contributed by atoms with Gasteiger partial charge in [0.05, 0.1) is 0 Å². The fourth-order valence-electron chi connectivity index (χ4n) is 3.53. The normalized spacial score (nSPS) is 13.3. The highest BCUT2D eigenvalue weighted by atomic mass is 16.4.